The van der Waals surface area contributed by atoms with E-state index >= 15 is 0 Å². The number of nitrogens with one attached hydrogen (secondary N) is 1. The van der Waals surface area contributed by atoms with Gasteiger partial charge in [-0.1, -0.05) is 20.8 Å². The Labute approximate surface area is 141 Å². The molecule has 0 aromatic rings. The number of amides is 1. The topological polar surface area (TPSA) is 29.1 Å². The Balaban J connectivity index is 0.000000980. The van der Waals surface area contributed by atoms with Gasteiger partial charge in [0, 0.05) is 6.42 Å². The molecule has 0 bridgehead atoms. The maximum atomic E-state index is 11.1. The molecule has 1 saturated heterocycles. The van der Waals surface area contributed by atoms with Crippen molar-refractivity contribution in [2.75, 3.05) is 0 Å². The maximum Gasteiger partial charge on any atom is 1.00 e. The van der Waals surface area contributed by atoms with Crippen molar-refractivity contribution < 1.29 is 63.0 Å². The van der Waals surface area contributed by atoms with Gasteiger partial charge in [-0.3, -0.25) is 4.79 Å². The van der Waals surface area contributed by atoms with E-state index < -0.39 is 0 Å². The van der Waals surface area contributed by atoms with Gasteiger partial charge in [0.05, 0.1) is 0 Å². The van der Waals surface area contributed by atoms with Gasteiger partial charge in [0.25, 0.3) is 0 Å². The third-order valence-electron chi connectivity index (χ3n) is 2.27. The Morgan fingerprint density at radius 2 is 2.13 bits per heavy atom. The van der Waals surface area contributed by atoms with Crippen molar-refractivity contribution in [1.82, 2.24) is 5.32 Å². The number of carbonyl (C=O) groups excluding carboxylic acids is 1. The van der Waals surface area contributed by atoms with E-state index in [-0.39, 0.29) is 71.5 Å². The Morgan fingerprint density at radius 1 is 1.40 bits per heavy atom. The van der Waals surface area contributed by atoms with Crippen LogP contribution in [0.1, 0.15) is 27.2 Å². The Kier molecular flexibility index (Phi) is 7.01. The second-order valence-electron chi connectivity index (χ2n) is 3.40. The van der Waals surface area contributed by atoms with Crippen LogP contribution in [-0.2, 0) is 4.79 Å². The molecule has 0 aromatic carbocycles. The Bertz CT molecular complexity index is 329. The van der Waals surface area contributed by atoms with Crippen LogP contribution >= 0.6 is 0 Å². The van der Waals surface area contributed by atoms with E-state index in [1.807, 2.05) is 18.2 Å². The van der Waals surface area contributed by atoms with Gasteiger partial charge in [0.2, 0.25) is 5.91 Å². The van der Waals surface area contributed by atoms with Crippen LogP contribution in [0.15, 0.2) is 35.6 Å². The zero-order valence-electron chi connectivity index (χ0n) is 8.63. The minimum atomic E-state index is 0. The minimum Gasteiger partial charge on any atom is -0.338 e. The third kappa shape index (κ3) is 4.02. The summed E-state index contributed by atoms with van der Waals surface area (Å²) in [5, 5.41) is 2.87. The van der Waals surface area contributed by atoms with Crippen LogP contribution in [-0.4, -0.2) is 5.91 Å². The molecular weight excluding hydrogens is 260 g/mol. The molecule has 1 fully saturated rings. The molecule has 0 saturated carbocycles. The van der Waals surface area contributed by atoms with Crippen molar-refractivity contribution in [3.63, 3.8) is 0 Å². The molecule has 0 aromatic heterocycles. The van der Waals surface area contributed by atoms with Gasteiger partial charge < -0.3 is 5.32 Å². The summed E-state index contributed by atoms with van der Waals surface area (Å²) >= 11 is 0. The Morgan fingerprint density at radius 3 is 2.87 bits per heavy atom. The number of fused-ring (bicyclic) bond motifs is 1. The molecule has 1 heterocycles. The number of hydrogen-bond acceptors (Lipinski definition) is 1. The first-order chi connectivity index (χ1) is 6.25. The predicted octanol–water partition coefficient (Wildman–Crippen LogP) is -0.489. The van der Waals surface area contributed by atoms with E-state index in [0.717, 1.165) is 12.1 Å². The fraction of sp³-hybridized carbons (Fsp3) is 0.333. The maximum absolute atomic E-state index is 11.1. The number of piperidine rings is 1. The molecule has 1 N–H and O–H groups in total. The molecular formula is C12H16NORb. The van der Waals surface area contributed by atoms with Crippen LogP contribution < -0.4 is 63.5 Å². The van der Waals surface area contributed by atoms with Gasteiger partial charge in [-0.15, -0.1) is 11.6 Å². The van der Waals surface area contributed by atoms with Gasteiger partial charge in [-0.25, -0.2) is 0 Å². The number of carbonyl (C=O) groups is 1. The molecule has 0 unspecified atom stereocenters. The number of allylic oxidation sites excluding steroid dienone is 5. The molecule has 3 heteroatoms. The molecule has 2 nitrogen and oxygen atoms in total. The Hall–Kier alpha value is 0.365. The van der Waals surface area contributed by atoms with Crippen LogP contribution in [0.4, 0.5) is 0 Å². The van der Waals surface area contributed by atoms with E-state index in [4.69, 9.17) is 0 Å². The first-order valence-corrected chi connectivity index (χ1v) is 4.48. The van der Waals surface area contributed by atoms with Crippen LogP contribution in [0.2, 0.25) is 0 Å². The zero-order chi connectivity index (χ0) is 9.26. The average Bonchev–Trinajstić information content (AvgIpc) is 2.25. The molecule has 2 aliphatic rings. The van der Waals surface area contributed by atoms with Gasteiger partial charge in [0.15, 0.2) is 0 Å². The molecule has 0 spiro atoms. The smallest absolute Gasteiger partial charge is 0.338 e. The van der Waals surface area contributed by atoms with Crippen molar-refractivity contribution >= 4 is 5.91 Å². The molecule has 1 aliphatic carbocycles. The van der Waals surface area contributed by atoms with E-state index in [0.29, 0.717) is 6.42 Å². The summed E-state index contributed by atoms with van der Waals surface area (Å²) in [5.41, 5.74) is 2.20. The summed E-state index contributed by atoms with van der Waals surface area (Å²) in [6.07, 6.45) is 9.57. The minimum absolute atomic E-state index is 0. The summed E-state index contributed by atoms with van der Waals surface area (Å²) in [4.78, 5) is 11.1. The van der Waals surface area contributed by atoms with Crippen molar-refractivity contribution in [3.05, 3.63) is 41.5 Å². The quantitative estimate of drug-likeness (QED) is 0.594. The molecule has 0 radical (unpaired) electrons. The van der Waals surface area contributed by atoms with E-state index in [1.165, 1.54) is 11.5 Å². The molecule has 1 amide bonds. The van der Waals surface area contributed by atoms with Crippen LogP contribution in [0.25, 0.3) is 0 Å². The van der Waals surface area contributed by atoms with Crippen molar-refractivity contribution in [1.29, 1.82) is 0 Å². The summed E-state index contributed by atoms with van der Waals surface area (Å²) < 4.78 is 0. The van der Waals surface area contributed by atoms with Gasteiger partial charge in [-0.05, 0) is 5.70 Å². The number of hydrogen-bond donors (Lipinski definition) is 1. The fourth-order valence-corrected chi connectivity index (χ4v) is 1.59. The third-order valence-corrected chi connectivity index (χ3v) is 2.27. The summed E-state index contributed by atoms with van der Waals surface area (Å²) in [7, 11) is 0. The molecule has 15 heavy (non-hydrogen) atoms. The first kappa shape index (κ1) is 15.4. The monoisotopic (exact) mass is 275 g/mol. The second-order valence-corrected chi connectivity index (χ2v) is 3.40. The van der Waals surface area contributed by atoms with E-state index in [2.05, 4.69) is 18.3 Å². The largest absolute Gasteiger partial charge is 1.00 e. The van der Waals surface area contributed by atoms with Crippen molar-refractivity contribution in [2.45, 2.75) is 27.2 Å². The molecule has 1 aliphatic heterocycles. The molecule has 76 valence electrons. The normalized spacial score (nSPS) is 18.5. The SMILES string of the molecule is C.C[C-]1C=CC=C2NC(=O)CCC2=C1.[Rb+]. The molecule has 2 rings (SSSR count). The van der Waals surface area contributed by atoms with Gasteiger partial charge >= 0.3 is 58.2 Å². The standard InChI is InChI=1S/C11H12NO.CH4.Rb/c1-8-3-2-4-10-9(7-8)5-6-11(13)12-10;;/h2-4,7H,5-6H2,1H3,(H,12,13);1H4;/q-1;;+1. The second kappa shape index (κ2) is 6.84. The van der Waals surface area contributed by atoms with E-state index in [9.17, 15) is 4.79 Å². The first-order valence-electron chi connectivity index (χ1n) is 4.48. The van der Waals surface area contributed by atoms with Gasteiger partial charge in [-0.2, -0.15) is 24.1 Å². The van der Waals surface area contributed by atoms with E-state index in [1.54, 1.807) is 0 Å². The summed E-state index contributed by atoms with van der Waals surface area (Å²) in [6.45, 7) is 2.07. The number of rotatable bonds is 0. The molecule has 0 atom stereocenters. The van der Waals surface area contributed by atoms with Crippen LogP contribution in [0.5, 0.6) is 0 Å². The summed E-state index contributed by atoms with van der Waals surface area (Å²) in [5.74, 6) is 1.36. The average molecular weight is 276 g/mol. The van der Waals surface area contributed by atoms with Crippen molar-refractivity contribution in [3.8, 4) is 0 Å². The van der Waals surface area contributed by atoms with Gasteiger partial charge in [0.1, 0.15) is 0 Å². The van der Waals surface area contributed by atoms with Crippen LogP contribution in [0, 0.1) is 5.92 Å². The predicted molar refractivity (Wildman–Crippen MR) is 58.3 cm³/mol. The van der Waals surface area contributed by atoms with Crippen molar-refractivity contribution in [2.24, 2.45) is 0 Å². The van der Waals surface area contributed by atoms with Crippen LogP contribution in [0.3, 0.4) is 0 Å². The summed E-state index contributed by atoms with van der Waals surface area (Å²) in [6, 6.07) is 0. The zero-order valence-corrected chi connectivity index (χ0v) is 13.5. The fourth-order valence-electron chi connectivity index (χ4n) is 1.59.